The third-order valence-corrected chi connectivity index (χ3v) is 3.60. The van der Waals surface area contributed by atoms with Gasteiger partial charge >= 0.3 is 6.03 Å². The fourth-order valence-electron chi connectivity index (χ4n) is 2.24. The second-order valence-corrected chi connectivity index (χ2v) is 5.48. The third kappa shape index (κ3) is 5.14. The van der Waals surface area contributed by atoms with Crippen LogP contribution < -0.4 is 25.4 Å². The number of nitrogens with one attached hydrogen (secondary N) is 3. The summed E-state index contributed by atoms with van der Waals surface area (Å²) in [5.41, 5.74) is 1.59. The number of urea groups is 1. The van der Waals surface area contributed by atoms with E-state index in [9.17, 15) is 9.59 Å². The van der Waals surface area contributed by atoms with Gasteiger partial charge in [-0.1, -0.05) is 6.92 Å². The highest BCUT2D eigenvalue weighted by molar-refractivity contribution is 6.01. The van der Waals surface area contributed by atoms with E-state index >= 15 is 0 Å². The Labute approximate surface area is 152 Å². The van der Waals surface area contributed by atoms with E-state index in [1.165, 1.54) is 7.11 Å². The summed E-state index contributed by atoms with van der Waals surface area (Å²) in [7, 11) is 3.07. The van der Waals surface area contributed by atoms with Crippen LogP contribution in [0.25, 0.3) is 0 Å². The second kappa shape index (κ2) is 9.31. The molecule has 0 bridgehead atoms. The first-order chi connectivity index (χ1) is 12.6. The third-order valence-electron chi connectivity index (χ3n) is 3.60. The Kier molecular flexibility index (Phi) is 6.84. The van der Waals surface area contributed by atoms with E-state index in [2.05, 4.69) is 16.0 Å². The molecule has 2 aromatic rings. The van der Waals surface area contributed by atoms with Crippen molar-refractivity contribution < 1.29 is 19.1 Å². The van der Waals surface area contributed by atoms with Gasteiger partial charge in [-0.05, 0) is 42.8 Å². The molecule has 0 aromatic heterocycles. The molecule has 0 aliphatic rings. The summed E-state index contributed by atoms with van der Waals surface area (Å²) >= 11 is 0. The van der Waals surface area contributed by atoms with Gasteiger partial charge in [-0.2, -0.15) is 0 Å². The van der Waals surface area contributed by atoms with Crippen LogP contribution in [-0.2, 0) is 0 Å². The van der Waals surface area contributed by atoms with Crippen molar-refractivity contribution in [2.75, 3.05) is 31.4 Å². The maximum absolute atomic E-state index is 12.2. The van der Waals surface area contributed by atoms with E-state index in [1.807, 2.05) is 6.92 Å². The van der Waals surface area contributed by atoms with Crippen LogP contribution in [0.15, 0.2) is 42.5 Å². The van der Waals surface area contributed by atoms with Gasteiger partial charge in [-0.3, -0.25) is 4.79 Å². The van der Waals surface area contributed by atoms with Crippen LogP contribution in [-0.4, -0.2) is 32.7 Å². The Morgan fingerprint density at radius 3 is 2.31 bits per heavy atom. The maximum Gasteiger partial charge on any atom is 0.323 e. The molecule has 0 spiro atoms. The normalized spacial score (nSPS) is 9.96. The standard InChI is InChI=1S/C19H23N3O4/c1-4-11-20-18(23)13-5-7-14(8-6-13)21-19(24)22-16-12-15(25-2)9-10-17(16)26-3/h5-10,12H,4,11H2,1-3H3,(H,20,23)(H2,21,22,24). The Hall–Kier alpha value is -3.22. The topological polar surface area (TPSA) is 88.7 Å². The van der Waals surface area contributed by atoms with Crippen molar-refractivity contribution in [1.29, 1.82) is 0 Å². The van der Waals surface area contributed by atoms with Crippen molar-refractivity contribution >= 4 is 23.3 Å². The van der Waals surface area contributed by atoms with Crippen LogP contribution in [0.2, 0.25) is 0 Å². The van der Waals surface area contributed by atoms with Crippen molar-refractivity contribution in [3.8, 4) is 11.5 Å². The zero-order valence-electron chi connectivity index (χ0n) is 15.1. The van der Waals surface area contributed by atoms with Gasteiger partial charge in [0.1, 0.15) is 11.5 Å². The molecule has 0 atom stereocenters. The number of carbonyl (C=O) groups excluding carboxylic acids is 2. The van der Waals surface area contributed by atoms with E-state index in [0.717, 1.165) is 6.42 Å². The molecule has 0 radical (unpaired) electrons. The number of rotatable bonds is 7. The number of carbonyl (C=O) groups is 2. The van der Waals surface area contributed by atoms with Gasteiger partial charge in [-0.25, -0.2) is 4.79 Å². The van der Waals surface area contributed by atoms with Crippen molar-refractivity contribution in [2.45, 2.75) is 13.3 Å². The van der Waals surface area contributed by atoms with Gasteiger partial charge < -0.3 is 25.4 Å². The van der Waals surface area contributed by atoms with Crippen LogP contribution in [0.3, 0.4) is 0 Å². The molecular weight excluding hydrogens is 334 g/mol. The molecule has 3 N–H and O–H groups in total. The first-order valence-electron chi connectivity index (χ1n) is 8.25. The fourth-order valence-corrected chi connectivity index (χ4v) is 2.24. The lowest BCUT2D eigenvalue weighted by Crippen LogP contribution is -2.24. The van der Waals surface area contributed by atoms with Gasteiger partial charge in [-0.15, -0.1) is 0 Å². The molecule has 0 unspecified atom stereocenters. The predicted octanol–water partition coefficient (Wildman–Crippen LogP) is 3.49. The van der Waals surface area contributed by atoms with Crippen LogP contribution in [0.4, 0.5) is 16.2 Å². The van der Waals surface area contributed by atoms with Crippen LogP contribution in [0.1, 0.15) is 23.7 Å². The molecule has 0 aliphatic carbocycles. The van der Waals surface area contributed by atoms with Crippen LogP contribution >= 0.6 is 0 Å². The molecule has 7 heteroatoms. The highest BCUT2D eigenvalue weighted by Gasteiger charge is 2.10. The molecule has 0 saturated carbocycles. The summed E-state index contributed by atoms with van der Waals surface area (Å²) in [4.78, 5) is 24.1. The van der Waals surface area contributed by atoms with Gasteiger partial charge in [0.15, 0.2) is 0 Å². The lowest BCUT2D eigenvalue weighted by molar-refractivity contribution is 0.0953. The maximum atomic E-state index is 12.2. The van der Waals surface area contributed by atoms with Gasteiger partial charge in [0.25, 0.3) is 5.91 Å². The van der Waals surface area contributed by atoms with Crippen LogP contribution in [0, 0.1) is 0 Å². The summed E-state index contributed by atoms with van der Waals surface area (Å²) < 4.78 is 10.4. The second-order valence-electron chi connectivity index (χ2n) is 5.48. The Balaban J connectivity index is 2.01. The van der Waals surface area contributed by atoms with Crippen molar-refractivity contribution in [3.05, 3.63) is 48.0 Å². The van der Waals surface area contributed by atoms with Crippen molar-refractivity contribution in [3.63, 3.8) is 0 Å². The zero-order valence-corrected chi connectivity index (χ0v) is 15.1. The number of amides is 3. The average Bonchev–Trinajstić information content (AvgIpc) is 2.66. The summed E-state index contributed by atoms with van der Waals surface area (Å²) in [6.45, 7) is 2.62. The number of hydrogen-bond acceptors (Lipinski definition) is 4. The van der Waals surface area contributed by atoms with Crippen LogP contribution in [0.5, 0.6) is 11.5 Å². The average molecular weight is 357 g/mol. The minimum absolute atomic E-state index is 0.135. The lowest BCUT2D eigenvalue weighted by atomic mass is 10.2. The molecular formula is C19H23N3O4. The molecule has 0 saturated heterocycles. The number of ether oxygens (including phenoxy) is 2. The molecule has 2 aromatic carbocycles. The largest absolute Gasteiger partial charge is 0.497 e. The predicted molar refractivity (Wildman–Crippen MR) is 101 cm³/mol. The number of methoxy groups -OCH3 is 2. The van der Waals surface area contributed by atoms with Crippen molar-refractivity contribution in [2.24, 2.45) is 0 Å². The summed E-state index contributed by atoms with van der Waals surface area (Å²) in [5.74, 6) is 0.983. The Bertz CT molecular complexity index is 760. The van der Waals surface area contributed by atoms with Crippen molar-refractivity contribution in [1.82, 2.24) is 5.32 Å². The first kappa shape index (κ1) is 19.1. The lowest BCUT2D eigenvalue weighted by Gasteiger charge is -2.12. The Morgan fingerprint density at radius 2 is 1.69 bits per heavy atom. The molecule has 0 fully saturated rings. The molecule has 2 rings (SSSR count). The molecule has 0 aliphatic heterocycles. The SMILES string of the molecule is CCCNC(=O)c1ccc(NC(=O)Nc2cc(OC)ccc2OC)cc1. The fraction of sp³-hybridized carbons (Fsp3) is 0.263. The number of benzene rings is 2. The van der Waals surface area contributed by atoms with E-state index < -0.39 is 6.03 Å². The minimum atomic E-state index is -0.431. The minimum Gasteiger partial charge on any atom is -0.497 e. The highest BCUT2D eigenvalue weighted by Crippen LogP contribution is 2.29. The number of anilines is 2. The molecule has 138 valence electrons. The van der Waals surface area contributed by atoms with E-state index in [1.54, 1.807) is 49.6 Å². The monoisotopic (exact) mass is 357 g/mol. The molecule has 7 nitrogen and oxygen atoms in total. The quantitative estimate of drug-likeness (QED) is 0.708. The van der Waals surface area contributed by atoms with E-state index in [-0.39, 0.29) is 5.91 Å². The Morgan fingerprint density at radius 1 is 0.962 bits per heavy atom. The summed E-state index contributed by atoms with van der Waals surface area (Å²) in [6, 6.07) is 11.3. The molecule has 26 heavy (non-hydrogen) atoms. The molecule has 0 heterocycles. The summed E-state index contributed by atoms with van der Waals surface area (Å²) in [6.07, 6.45) is 0.874. The van der Waals surface area contributed by atoms with E-state index in [4.69, 9.17) is 9.47 Å². The molecule has 3 amide bonds. The summed E-state index contributed by atoms with van der Waals surface area (Å²) in [5, 5.41) is 8.23. The zero-order chi connectivity index (χ0) is 18.9. The highest BCUT2D eigenvalue weighted by atomic mass is 16.5. The smallest absolute Gasteiger partial charge is 0.323 e. The first-order valence-corrected chi connectivity index (χ1v) is 8.25. The van der Waals surface area contributed by atoms with Gasteiger partial charge in [0.05, 0.1) is 19.9 Å². The number of hydrogen-bond donors (Lipinski definition) is 3. The van der Waals surface area contributed by atoms with E-state index in [0.29, 0.717) is 35.0 Å². The van der Waals surface area contributed by atoms with Gasteiger partial charge in [0, 0.05) is 23.9 Å². The van der Waals surface area contributed by atoms with Gasteiger partial charge in [0.2, 0.25) is 0 Å².